The molecule has 4 N–H and O–H groups in total. The minimum Gasteiger partial charge on any atom is -0.368 e. The van der Waals surface area contributed by atoms with E-state index >= 15 is 0 Å². The van der Waals surface area contributed by atoms with Crippen molar-refractivity contribution in [3.63, 3.8) is 0 Å². The Morgan fingerprint density at radius 3 is 3.21 bits per heavy atom. The molecule has 0 unspecified atom stereocenters. The number of nitrogens with two attached hydrogens (primary N) is 1. The first-order valence-electron chi connectivity index (χ1n) is 3.87. The summed E-state index contributed by atoms with van der Waals surface area (Å²) in [5.41, 5.74) is 10.5. The average Bonchev–Trinajstić information content (AvgIpc) is 2.64. The van der Waals surface area contributed by atoms with Crippen LogP contribution in [0.1, 0.15) is 0 Å². The van der Waals surface area contributed by atoms with Gasteiger partial charge in [0.05, 0.1) is 21.4 Å². The smallest absolute Gasteiger partial charge is 0.218 e. The first-order valence-corrected chi connectivity index (χ1v) is 4.75. The molecule has 0 aliphatic rings. The number of rotatable bonds is 1. The molecule has 1 aromatic heterocycles. The monoisotopic (exact) mass is 208 g/mol. The van der Waals surface area contributed by atoms with Gasteiger partial charge in [-0.2, -0.15) is 0 Å². The van der Waals surface area contributed by atoms with E-state index in [1.54, 1.807) is 17.1 Å². The summed E-state index contributed by atoms with van der Waals surface area (Å²) < 4.78 is 1.04. The maximum absolute atomic E-state index is 8.45. The molecular weight excluding hydrogens is 200 g/mol. The summed E-state index contributed by atoms with van der Waals surface area (Å²) in [7, 11) is 0. The van der Waals surface area contributed by atoms with Gasteiger partial charge in [0, 0.05) is 0 Å². The molecule has 6 heteroatoms. The number of thiazole rings is 1. The first kappa shape index (κ1) is 8.92. The van der Waals surface area contributed by atoms with Crippen molar-refractivity contribution in [2.75, 3.05) is 0 Å². The summed E-state index contributed by atoms with van der Waals surface area (Å²) in [4.78, 5) is 8.05. The van der Waals surface area contributed by atoms with Gasteiger partial charge in [-0.3, -0.25) is 5.21 Å². The summed E-state index contributed by atoms with van der Waals surface area (Å²) in [5, 5.41) is 8.45. The van der Waals surface area contributed by atoms with E-state index in [0.717, 1.165) is 10.2 Å². The lowest BCUT2D eigenvalue weighted by Crippen LogP contribution is -2.27. The van der Waals surface area contributed by atoms with Crippen molar-refractivity contribution in [1.82, 2.24) is 10.5 Å². The molecule has 0 aliphatic carbocycles. The molecule has 0 radical (unpaired) electrons. The Balaban J connectivity index is 2.44. The molecule has 1 aromatic carbocycles. The molecule has 0 saturated carbocycles. The van der Waals surface area contributed by atoms with Crippen LogP contribution in [0.4, 0.5) is 5.69 Å². The third kappa shape index (κ3) is 1.66. The van der Waals surface area contributed by atoms with Crippen molar-refractivity contribution >= 4 is 33.2 Å². The molecule has 0 fully saturated rings. The second kappa shape index (κ2) is 3.60. The molecule has 14 heavy (non-hydrogen) atoms. The van der Waals surface area contributed by atoms with E-state index in [1.807, 2.05) is 12.1 Å². The minimum absolute atomic E-state index is 0.0335. The number of aliphatic imine (C=N–C) groups is 1. The van der Waals surface area contributed by atoms with Gasteiger partial charge in [0.25, 0.3) is 0 Å². The quantitative estimate of drug-likeness (QED) is 0.374. The van der Waals surface area contributed by atoms with Crippen LogP contribution >= 0.6 is 11.3 Å². The fourth-order valence-electron chi connectivity index (χ4n) is 1.08. The van der Waals surface area contributed by atoms with E-state index in [1.165, 1.54) is 11.3 Å². The predicted octanol–water partition coefficient (Wildman–Crippen LogP) is 1.22. The maximum atomic E-state index is 8.45. The van der Waals surface area contributed by atoms with Gasteiger partial charge in [-0.25, -0.2) is 15.5 Å². The molecule has 0 atom stereocenters. The highest BCUT2D eigenvalue weighted by molar-refractivity contribution is 7.16. The van der Waals surface area contributed by atoms with E-state index in [0.29, 0.717) is 5.69 Å². The zero-order chi connectivity index (χ0) is 9.97. The standard InChI is InChI=1S/C8H8N4OS/c9-8(12-13)11-5-1-2-6-7(3-5)14-4-10-6/h1-4,13H,(H3,9,11,12). The third-order valence-electron chi connectivity index (χ3n) is 1.68. The number of nitrogens with zero attached hydrogens (tertiary/aromatic N) is 2. The number of aromatic nitrogens is 1. The fourth-order valence-corrected chi connectivity index (χ4v) is 1.79. The van der Waals surface area contributed by atoms with E-state index in [9.17, 15) is 0 Å². The third-order valence-corrected chi connectivity index (χ3v) is 2.47. The molecule has 5 nitrogen and oxygen atoms in total. The number of fused-ring (bicyclic) bond motifs is 1. The molecule has 2 aromatic rings. The van der Waals surface area contributed by atoms with Crippen LogP contribution in [0.5, 0.6) is 0 Å². The van der Waals surface area contributed by atoms with Gasteiger partial charge in [0.15, 0.2) is 0 Å². The van der Waals surface area contributed by atoms with Crippen LogP contribution in [0, 0.1) is 0 Å². The highest BCUT2D eigenvalue weighted by Gasteiger charge is 1.98. The van der Waals surface area contributed by atoms with Gasteiger partial charge in [0.2, 0.25) is 5.96 Å². The van der Waals surface area contributed by atoms with Gasteiger partial charge in [-0.15, -0.1) is 11.3 Å². The summed E-state index contributed by atoms with van der Waals surface area (Å²) >= 11 is 1.53. The van der Waals surface area contributed by atoms with Crippen molar-refractivity contribution in [2.45, 2.75) is 0 Å². The number of hydroxylamine groups is 1. The Labute approximate surface area is 83.9 Å². The largest absolute Gasteiger partial charge is 0.368 e. The molecule has 1 heterocycles. The van der Waals surface area contributed by atoms with E-state index in [2.05, 4.69) is 9.98 Å². The van der Waals surface area contributed by atoms with Crippen LogP contribution in [0.3, 0.4) is 0 Å². The highest BCUT2D eigenvalue weighted by Crippen LogP contribution is 2.23. The number of hydrogen-bond donors (Lipinski definition) is 3. The van der Waals surface area contributed by atoms with Crippen molar-refractivity contribution in [1.29, 1.82) is 0 Å². The average molecular weight is 208 g/mol. The van der Waals surface area contributed by atoms with Crippen LogP contribution in [0.15, 0.2) is 28.7 Å². The normalized spacial score (nSPS) is 11.9. The van der Waals surface area contributed by atoms with Gasteiger partial charge in [0.1, 0.15) is 0 Å². The Kier molecular flexibility index (Phi) is 2.30. The fraction of sp³-hybridized carbons (Fsp3) is 0. The molecule has 2 rings (SSSR count). The van der Waals surface area contributed by atoms with Crippen molar-refractivity contribution in [3.05, 3.63) is 23.7 Å². The Morgan fingerprint density at radius 2 is 2.43 bits per heavy atom. The molecule has 0 amide bonds. The summed E-state index contributed by atoms with van der Waals surface area (Å²) in [5.74, 6) is -0.0335. The zero-order valence-corrected chi connectivity index (χ0v) is 7.95. The number of benzene rings is 1. The number of guanidine groups is 1. The lowest BCUT2D eigenvalue weighted by atomic mass is 10.3. The molecule has 72 valence electrons. The number of hydrogen-bond acceptors (Lipinski definition) is 4. The molecule has 0 bridgehead atoms. The SMILES string of the molecule is NC(=Nc1ccc2ncsc2c1)NO. The molecule has 0 aliphatic heterocycles. The molecule has 0 saturated heterocycles. The Morgan fingerprint density at radius 1 is 1.57 bits per heavy atom. The summed E-state index contributed by atoms with van der Waals surface area (Å²) in [6, 6.07) is 5.50. The van der Waals surface area contributed by atoms with E-state index < -0.39 is 0 Å². The van der Waals surface area contributed by atoms with Gasteiger partial charge in [-0.1, -0.05) is 0 Å². The number of nitrogens with one attached hydrogen (secondary N) is 1. The van der Waals surface area contributed by atoms with Gasteiger partial charge >= 0.3 is 0 Å². The van der Waals surface area contributed by atoms with E-state index in [4.69, 9.17) is 10.9 Å². The van der Waals surface area contributed by atoms with Crippen LogP contribution in [-0.4, -0.2) is 16.2 Å². The Hall–Kier alpha value is -1.66. The zero-order valence-electron chi connectivity index (χ0n) is 7.14. The van der Waals surface area contributed by atoms with Crippen LogP contribution < -0.4 is 11.2 Å². The topological polar surface area (TPSA) is 83.5 Å². The van der Waals surface area contributed by atoms with E-state index in [-0.39, 0.29) is 5.96 Å². The summed E-state index contributed by atoms with van der Waals surface area (Å²) in [6.07, 6.45) is 0. The highest BCUT2D eigenvalue weighted by atomic mass is 32.1. The van der Waals surface area contributed by atoms with Crippen molar-refractivity contribution < 1.29 is 5.21 Å². The van der Waals surface area contributed by atoms with Crippen molar-refractivity contribution in [3.8, 4) is 0 Å². The predicted molar refractivity (Wildman–Crippen MR) is 55.8 cm³/mol. The molecule has 0 spiro atoms. The van der Waals surface area contributed by atoms with Crippen LogP contribution in [0.25, 0.3) is 10.2 Å². The van der Waals surface area contributed by atoms with Crippen LogP contribution in [-0.2, 0) is 0 Å². The van der Waals surface area contributed by atoms with Gasteiger partial charge < -0.3 is 5.73 Å². The lowest BCUT2D eigenvalue weighted by Gasteiger charge is -1.97. The minimum atomic E-state index is -0.0335. The maximum Gasteiger partial charge on any atom is 0.218 e. The second-order valence-electron chi connectivity index (χ2n) is 2.61. The van der Waals surface area contributed by atoms with Crippen LogP contribution in [0.2, 0.25) is 0 Å². The van der Waals surface area contributed by atoms with Crippen molar-refractivity contribution in [2.24, 2.45) is 10.7 Å². The molecular formula is C8H8N4OS. The first-order chi connectivity index (χ1) is 6.79. The summed E-state index contributed by atoms with van der Waals surface area (Å²) in [6.45, 7) is 0. The second-order valence-corrected chi connectivity index (χ2v) is 3.50. The lowest BCUT2D eigenvalue weighted by molar-refractivity contribution is 0.233. The Bertz CT molecular complexity index is 479. The van der Waals surface area contributed by atoms with Gasteiger partial charge in [-0.05, 0) is 18.2 Å².